The van der Waals surface area contributed by atoms with E-state index >= 15 is 0 Å². The summed E-state index contributed by atoms with van der Waals surface area (Å²) in [5.41, 5.74) is 2.45. The van der Waals surface area contributed by atoms with Crippen LogP contribution in [0, 0.1) is 5.82 Å². The second kappa shape index (κ2) is 11.6. The molecule has 0 unspecified atom stereocenters. The van der Waals surface area contributed by atoms with Gasteiger partial charge in [-0.1, -0.05) is 6.07 Å². The zero-order valence-corrected chi connectivity index (χ0v) is 18.3. The van der Waals surface area contributed by atoms with Gasteiger partial charge in [-0.2, -0.15) is 0 Å². The highest BCUT2D eigenvalue weighted by molar-refractivity contribution is 5.77. The fourth-order valence-corrected chi connectivity index (χ4v) is 3.08. The molecule has 0 bridgehead atoms. The fraction of sp³-hybridized carbons (Fsp3) is 0.292. The first-order valence-electron chi connectivity index (χ1n) is 10.6. The van der Waals surface area contributed by atoms with Crippen molar-refractivity contribution in [3.63, 3.8) is 0 Å². The van der Waals surface area contributed by atoms with Crippen LogP contribution in [0.1, 0.15) is 13.8 Å². The molecule has 7 nitrogen and oxygen atoms in total. The van der Waals surface area contributed by atoms with E-state index in [9.17, 15) is 9.18 Å². The number of nitrogens with one attached hydrogen (secondary N) is 1. The van der Waals surface area contributed by atoms with Crippen molar-refractivity contribution in [3.05, 3.63) is 66.5 Å². The Bertz CT molecular complexity index is 993. The Balaban J connectivity index is 1.38. The summed E-state index contributed by atoms with van der Waals surface area (Å²) in [6.45, 7) is 6.47. The van der Waals surface area contributed by atoms with Crippen LogP contribution in [0.2, 0.25) is 0 Å². The normalized spacial score (nSPS) is 10.5. The Hall–Kier alpha value is -3.68. The molecule has 2 aromatic carbocycles. The molecule has 0 aliphatic rings. The number of anilines is 1. The number of amides is 1. The monoisotopic (exact) mass is 438 g/mol. The molecule has 0 atom stereocenters. The van der Waals surface area contributed by atoms with Crippen LogP contribution in [0.5, 0.6) is 11.6 Å². The molecular formula is C24H27FN4O3. The van der Waals surface area contributed by atoms with Gasteiger partial charge in [0.1, 0.15) is 18.2 Å². The molecule has 1 amide bonds. The molecule has 32 heavy (non-hydrogen) atoms. The molecule has 0 fully saturated rings. The third-order valence-electron chi connectivity index (χ3n) is 4.77. The third kappa shape index (κ3) is 6.66. The lowest BCUT2D eigenvalue weighted by Crippen LogP contribution is -2.32. The number of benzene rings is 2. The first-order chi connectivity index (χ1) is 15.6. The van der Waals surface area contributed by atoms with Crippen molar-refractivity contribution in [1.29, 1.82) is 0 Å². The van der Waals surface area contributed by atoms with Crippen LogP contribution < -0.4 is 19.7 Å². The Labute approximate surface area is 187 Å². The highest BCUT2D eigenvalue weighted by Crippen LogP contribution is 2.21. The maximum Gasteiger partial charge on any atom is 0.258 e. The van der Waals surface area contributed by atoms with Gasteiger partial charge in [0.2, 0.25) is 5.88 Å². The summed E-state index contributed by atoms with van der Waals surface area (Å²) in [6.07, 6.45) is 0. The second-order valence-corrected chi connectivity index (χ2v) is 6.92. The van der Waals surface area contributed by atoms with Gasteiger partial charge in [-0.05, 0) is 56.3 Å². The van der Waals surface area contributed by atoms with E-state index in [2.05, 4.69) is 34.3 Å². The molecular weight excluding hydrogens is 411 g/mol. The number of hydrogen-bond donors (Lipinski definition) is 1. The highest BCUT2D eigenvalue weighted by atomic mass is 19.1. The molecule has 0 radical (unpaired) electrons. The lowest BCUT2D eigenvalue weighted by atomic mass is 10.1. The van der Waals surface area contributed by atoms with Gasteiger partial charge in [-0.15, -0.1) is 10.2 Å². The highest BCUT2D eigenvalue weighted by Gasteiger charge is 2.07. The quantitative estimate of drug-likeness (QED) is 0.460. The topological polar surface area (TPSA) is 76.6 Å². The molecule has 168 valence electrons. The molecule has 1 N–H and O–H groups in total. The second-order valence-electron chi connectivity index (χ2n) is 6.92. The van der Waals surface area contributed by atoms with Gasteiger partial charge in [0, 0.05) is 36.5 Å². The van der Waals surface area contributed by atoms with Crippen LogP contribution in [0.4, 0.5) is 10.1 Å². The zero-order valence-electron chi connectivity index (χ0n) is 18.3. The Morgan fingerprint density at radius 2 is 1.78 bits per heavy atom. The average Bonchev–Trinajstić information content (AvgIpc) is 2.82. The van der Waals surface area contributed by atoms with Crippen LogP contribution in [-0.4, -0.2) is 49.0 Å². The minimum absolute atomic E-state index is 0.0755. The number of carbonyl (C=O) groups is 1. The Morgan fingerprint density at radius 3 is 2.47 bits per heavy atom. The van der Waals surface area contributed by atoms with Crippen LogP contribution in [-0.2, 0) is 4.79 Å². The van der Waals surface area contributed by atoms with E-state index in [4.69, 9.17) is 9.47 Å². The fourth-order valence-electron chi connectivity index (χ4n) is 3.08. The number of ether oxygens (including phenoxy) is 2. The van der Waals surface area contributed by atoms with Crippen molar-refractivity contribution in [3.8, 4) is 22.9 Å². The lowest BCUT2D eigenvalue weighted by molar-refractivity contribution is -0.123. The summed E-state index contributed by atoms with van der Waals surface area (Å²) in [4.78, 5) is 14.2. The van der Waals surface area contributed by atoms with Crippen molar-refractivity contribution in [2.75, 3.05) is 37.7 Å². The minimum atomic E-state index is -0.303. The molecule has 0 saturated carbocycles. The zero-order chi connectivity index (χ0) is 22.8. The van der Waals surface area contributed by atoms with Gasteiger partial charge in [-0.25, -0.2) is 4.39 Å². The lowest BCUT2D eigenvalue weighted by Gasteiger charge is -2.21. The first-order valence-corrected chi connectivity index (χ1v) is 10.6. The molecule has 0 aliphatic heterocycles. The summed E-state index contributed by atoms with van der Waals surface area (Å²) >= 11 is 0. The van der Waals surface area contributed by atoms with Gasteiger partial charge >= 0.3 is 0 Å². The molecule has 3 rings (SSSR count). The van der Waals surface area contributed by atoms with Crippen molar-refractivity contribution in [1.82, 2.24) is 15.5 Å². The van der Waals surface area contributed by atoms with Crippen molar-refractivity contribution >= 4 is 11.6 Å². The SMILES string of the molecule is CCN(CC)c1cccc(OCC(=O)NCCOc2ccc(-c3ccc(F)cc3)nn2)c1. The summed E-state index contributed by atoms with van der Waals surface area (Å²) in [7, 11) is 0. The molecule has 8 heteroatoms. The van der Waals surface area contributed by atoms with E-state index < -0.39 is 0 Å². The molecule has 1 heterocycles. The standard InChI is InChI=1S/C24H27FN4O3/c1-3-29(4-2)20-6-5-7-21(16-20)32-17-23(30)26-14-15-31-24-13-12-22(27-28-24)18-8-10-19(25)11-9-18/h5-13,16H,3-4,14-15,17H2,1-2H3,(H,26,30). The Kier molecular flexibility index (Phi) is 8.36. The summed E-state index contributed by atoms with van der Waals surface area (Å²) in [6, 6.07) is 17.1. The third-order valence-corrected chi connectivity index (χ3v) is 4.77. The number of halogens is 1. The largest absolute Gasteiger partial charge is 0.484 e. The maximum absolute atomic E-state index is 13.0. The van der Waals surface area contributed by atoms with E-state index in [0.29, 0.717) is 23.9 Å². The molecule has 3 aromatic rings. The van der Waals surface area contributed by atoms with Gasteiger partial charge in [0.05, 0.1) is 12.2 Å². The number of carbonyl (C=O) groups excluding carboxylic acids is 1. The van der Waals surface area contributed by atoms with E-state index in [1.807, 2.05) is 24.3 Å². The predicted molar refractivity (Wildman–Crippen MR) is 121 cm³/mol. The van der Waals surface area contributed by atoms with Crippen LogP contribution >= 0.6 is 0 Å². The molecule has 0 aliphatic carbocycles. The first kappa shape index (κ1) is 23.0. The van der Waals surface area contributed by atoms with E-state index in [1.165, 1.54) is 12.1 Å². The molecule has 0 saturated heterocycles. The summed E-state index contributed by atoms with van der Waals surface area (Å²) in [5.74, 6) is 0.453. The maximum atomic E-state index is 13.0. The molecule has 0 spiro atoms. The van der Waals surface area contributed by atoms with Crippen molar-refractivity contribution in [2.24, 2.45) is 0 Å². The van der Waals surface area contributed by atoms with Gasteiger partial charge < -0.3 is 19.7 Å². The summed E-state index contributed by atoms with van der Waals surface area (Å²) in [5, 5.41) is 10.8. The van der Waals surface area contributed by atoms with Crippen molar-refractivity contribution in [2.45, 2.75) is 13.8 Å². The number of hydrogen-bond acceptors (Lipinski definition) is 6. The predicted octanol–water partition coefficient (Wildman–Crippen LogP) is 3.70. The van der Waals surface area contributed by atoms with E-state index in [-0.39, 0.29) is 24.9 Å². The van der Waals surface area contributed by atoms with Crippen LogP contribution in [0.3, 0.4) is 0 Å². The Morgan fingerprint density at radius 1 is 1.00 bits per heavy atom. The number of rotatable bonds is 11. The van der Waals surface area contributed by atoms with Gasteiger partial charge in [-0.3, -0.25) is 4.79 Å². The van der Waals surface area contributed by atoms with Crippen LogP contribution in [0.25, 0.3) is 11.3 Å². The summed E-state index contributed by atoms with van der Waals surface area (Å²) < 4.78 is 24.1. The molecule has 1 aromatic heterocycles. The van der Waals surface area contributed by atoms with E-state index in [1.54, 1.807) is 24.3 Å². The van der Waals surface area contributed by atoms with Gasteiger partial charge in [0.25, 0.3) is 5.91 Å². The average molecular weight is 439 g/mol. The van der Waals surface area contributed by atoms with Crippen LogP contribution in [0.15, 0.2) is 60.7 Å². The van der Waals surface area contributed by atoms with Gasteiger partial charge in [0.15, 0.2) is 6.61 Å². The smallest absolute Gasteiger partial charge is 0.258 e. The number of nitrogens with zero attached hydrogens (tertiary/aromatic N) is 3. The minimum Gasteiger partial charge on any atom is -0.484 e. The van der Waals surface area contributed by atoms with E-state index in [0.717, 1.165) is 24.3 Å². The van der Waals surface area contributed by atoms with Crippen molar-refractivity contribution < 1.29 is 18.7 Å². The number of aromatic nitrogens is 2.